The molecule has 0 aliphatic rings. The van der Waals surface area contributed by atoms with Crippen LogP contribution in [-0.2, 0) is 13.1 Å². The molecule has 0 aliphatic carbocycles. The molecule has 0 radical (unpaired) electrons. The standard InChI is InChI=1S/C20H22Cl2N8O/c21-15-4-5-16(31-8-1-3-13(23)9-30-7-2-6-28-30)14(17(15)22)10-29-12-27-18-19(24)25-11-26-20(18)29/h2,4-7,11-13H,1,3,8-10,23H2,(H2,24,25,26). The van der Waals surface area contributed by atoms with Crippen LogP contribution < -0.4 is 16.2 Å². The van der Waals surface area contributed by atoms with Crippen LogP contribution in [0.1, 0.15) is 18.4 Å². The summed E-state index contributed by atoms with van der Waals surface area (Å²) in [5, 5.41) is 5.06. The number of hydrogen-bond acceptors (Lipinski definition) is 7. The van der Waals surface area contributed by atoms with E-state index in [9.17, 15) is 0 Å². The number of anilines is 1. The molecule has 9 nitrogen and oxygen atoms in total. The molecule has 0 aliphatic heterocycles. The molecule has 0 saturated heterocycles. The maximum Gasteiger partial charge on any atom is 0.165 e. The third-order valence-corrected chi connectivity index (χ3v) is 5.71. The minimum atomic E-state index is -0.000711. The van der Waals surface area contributed by atoms with Gasteiger partial charge in [-0.2, -0.15) is 5.10 Å². The monoisotopic (exact) mass is 460 g/mol. The Morgan fingerprint density at radius 1 is 1.16 bits per heavy atom. The molecule has 1 atom stereocenters. The Labute approximate surface area is 189 Å². The van der Waals surface area contributed by atoms with E-state index in [1.807, 2.05) is 27.6 Å². The minimum absolute atomic E-state index is 0.000711. The maximum atomic E-state index is 6.51. The average Bonchev–Trinajstić information content (AvgIpc) is 3.41. The number of aromatic nitrogens is 6. The van der Waals surface area contributed by atoms with Crippen LogP contribution in [0.4, 0.5) is 5.82 Å². The van der Waals surface area contributed by atoms with E-state index in [4.69, 9.17) is 39.4 Å². The molecule has 31 heavy (non-hydrogen) atoms. The van der Waals surface area contributed by atoms with Gasteiger partial charge in [0.2, 0.25) is 0 Å². The van der Waals surface area contributed by atoms with Gasteiger partial charge in [0.25, 0.3) is 0 Å². The third-order valence-electron chi connectivity index (χ3n) is 4.87. The van der Waals surface area contributed by atoms with Gasteiger partial charge in [-0.1, -0.05) is 23.2 Å². The topological polar surface area (TPSA) is 123 Å². The van der Waals surface area contributed by atoms with Crippen LogP contribution in [-0.4, -0.2) is 41.9 Å². The third kappa shape index (κ3) is 4.90. The Hall–Kier alpha value is -2.88. The van der Waals surface area contributed by atoms with Crippen LogP contribution in [0.3, 0.4) is 0 Å². The summed E-state index contributed by atoms with van der Waals surface area (Å²) in [5.41, 5.74) is 14.0. The average molecular weight is 461 g/mol. The van der Waals surface area contributed by atoms with E-state index in [2.05, 4.69) is 20.1 Å². The molecule has 3 heterocycles. The van der Waals surface area contributed by atoms with Gasteiger partial charge < -0.3 is 20.8 Å². The molecule has 11 heteroatoms. The number of hydrogen-bond donors (Lipinski definition) is 2. The van der Waals surface area contributed by atoms with Crippen molar-refractivity contribution >= 4 is 40.2 Å². The van der Waals surface area contributed by atoms with E-state index in [0.717, 1.165) is 18.4 Å². The highest BCUT2D eigenvalue weighted by molar-refractivity contribution is 6.42. The fourth-order valence-corrected chi connectivity index (χ4v) is 3.70. The molecule has 0 bridgehead atoms. The Balaban J connectivity index is 1.43. The zero-order chi connectivity index (χ0) is 21.8. The molecule has 1 unspecified atom stereocenters. The van der Waals surface area contributed by atoms with E-state index in [1.165, 1.54) is 6.33 Å². The van der Waals surface area contributed by atoms with Crippen molar-refractivity contribution in [3.05, 3.63) is 58.9 Å². The molecule has 162 valence electrons. The molecule has 0 amide bonds. The second kappa shape index (κ2) is 9.51. The number of rotatable bonds is 9. The van der Waals surface area contributed by atoms with Crippen LogP contribution in [0.15, 0.2) is 43.2 Å². The molecule has 4 N–H and O–H groups in total. The number of nitrogens with zero attached hydrogens (tertiary/aromatic N) is 6. The molecule has 4 rings (SSSR count). The Bertz CT molecular complexity index is 1160. The zero-order valence-electron chi connectivity index (χ0n) is 16.7. The summed E-state index contributed by atoms with van der Waals surface area (Å²) in [6, 6.07) is 5.42. The van der Waals surface area contributed by atoms with E-state index < -0.39 is 0 Å². The fraction of sp³-hybridized carbons (Fsp3) is 0.300. The summed E-state index contributed by atoms with van der Waals surface area (Å²) in [6.45, 7) is 1.54. The van der Waals surface area contributed by atoms with Crippen molar-refractivity contribution in [3.8, 4) is 5.75 Å². The second-order valence-electron chi connectivity index (χ2n) is 7.12. The van der Waals surface area contributed by atoms with Gasteiger partial charge in [0, 0.05) is 24.0 Å². The predicted octanol–water partition coefficient (Wildman–Crippen LogP) is 3.15. The molecular weight excluding hydrogens is 439 g/mol. The van der Waals surface area contributed by atoms with Gasteiger partial charge in [0.1, 0.15) is 17.6 Å². The normalized spacial score (nSPS) is 12.4. The number of nitrogens with two attached hydrogens (primary N) is 2. The van der Waals surface area contributed by atoms with Crippen molar-refractivity contribution < 1.29 is 4.74 Å². The molecule has 0 spiro atoms. The summed E-state index contributed by atoms with van der Waals surface area (Å²) in [7, 11) is 0. The van der Waals surface area contributed by atoms with Crippen molar-refractivity contribution in [2.45, 2.75) is 32.0 Å². The van der Waals surface area contributed by atoms with Crippen molar-refractivity contribution in [1.82, 2.24) is 29.3 Å². The van der Waals surface area contributed by atoms with E-state index in [1.54, 1.807) is 18.6 Å². The van der Waals surface area contributed by atoms with Crippen molar-refractivity contribution in [1.29, 1.82) is 0 Å². The zero-order valence-corrected chi connectivity index (χ0v) is 18.2. The first-order valence-corrected chi connectivity index (χ1v) is 10.5. The van der Waals surface area contributed by atoms with Crippen molar-refractivity contribution in [3.63, 3.8) is 0 Å². The predicted molar refractivity (Wildman–Crippen MR) is 120 cm³/mol. The quantitative estimate of drug-likeness (QED) is 0.367. The highest BCUT2D eigenvalue weighted by atomic mass is 35.5. The smallest absolute Gasteiger partial charge is 0.165 e. The Morgan fingerprint density at radius 3 is 2.84 bits per heavy atom. The van der Waals surface area contributed by atoms with Crippen molar-refractivity contribution in [2.24, 2.45) is 5.73 Å². The van der Waals surface area contributed by atoms with Gasteiger partial charge in [-0.3, -0.25) is 4.68 Å². The summed E-state index contributed by atoms with van der Waals surface area (Å²) < 4.78 is 9.69. The van der Waals surface area contributed by atoms with Gasteiger partial charge in [-0.25, -0.2) is 15.0 Å². The van der Waals surface area contributed by atoms with Gasteiger partial charge >= 0.3 is 0 Å². The fourth-order valence-electron chi connectivity index (χ4n) is 3.31. The molecule has 1 aromatic carbocycles. The number of nitrogen functional groups attached to an aromatic ring is 1. The number of fused-ring (bicyclic) bond motifs is 1. The lowest BCUT2D eigenvalue weighted by molar-refractivity contribution is 0.294. The Morgan fingerprint density at radius 2 is 2.03 bits per heavy atom. The van der Waals surface area contributed by atoms with Gasteiger partial charge in [-0.05, 0) is 31.0 Å². The molecule has 4 aromatic rings. The van der Waals surface area contributed by atoms with Crippen LogP contribution in [0.2, 0.25) is 10.0 Å². The van der Waals surface area contributed by atoms with E-state index in [0.29, 0.717) is 52.5 Å². The lowest BCUT2D eigenvalue weighted by atomic mass is 10.1. The van der Waals surface area contributed by atoms with Gasteiger partial charge in [0.15, 0.2) is 11.5 Å². The first-order valence-electron chi connectivity index (χ1n) is 9.77. The highest BCUT2D eigenvalue weighted by Gasteiger charge is 2.16. The largest absolute Gasteiger partial charge is 0.493 e. The Kier molecular flexibility index (Phi) is 6.55. The molecular formula is C20H22Cl2N8O. The van der Waals surface area contributed by atoms with E-state index >= 15 is 0 Å². The highest BCUT2D eigenvalue weighted by Crippen LogP contribution is 2.34. The van der Waals surface area contributed by atoms with Gasteiger partial charge in [-0.15, -0.1) is 0 Å². The second-order valence-corrected chi connectivity index (χ2v) is 7.91. The lowest BCUT2D eigenvalue weighted by Gasteiger charge is -2.16. The van der Waals surface area contributed by atoms with E-state index in [-0.39, 0.29) is 6.04 Å². The number of halogens is 2. The summed E-state index contributed by atoms with van der Waals surface area (Å²) in [5.74, 6) is 0.975. The SMILES string of the molecule is Nc1ncnc2c1ncn2Cc1c(OCCCC(N)Cn2cccn2)ccc(Cl)c1Cl. The minimum Gasteiger partial charge on any atom is -0.493 e. The number of benzene rings is 1. The van der Waals surface area contributed by atoms with Crippen LogP contribution in [0, 0.1) is 0 Å². The van der Waals surface area contributed by atoms with Crippen LogP contribution >= 0.6 is 23.2 Å². The molecule has 0 saturated carbocycles. The maximum absolute atomic E-state index is 6.51. The van der Waals surface area contributed by atoms with Gasteiger partial charge in [0.05, 0.1) is 36.1 Å². The van der Waals surface area contributed by atoms with Crippen molar-refractivity contribution in [2.75, 3.05) is 12.3 Å². The first kappa shape index (κ1) is 21.4. The molecule has 3 aromatic heterocycles. The van der Waals surface area contributed by atoms with Crippen LogP contribution in [0.5, 0.6) is 5.75 Å². The molecule has 0 fully saturated rings. The lowest BCUT2D eigenvalue weighted by Crippen LogP contribution is -2.26. The number of imidazole rings is 1. The first-order chi connectivity index (χ1) is 15.0. The summed E-state index contributed by atoms with van der Waals surface area (Å²) in [4.78, 5) is 12.5. The summed E-state index contributed by atoms with van der Waals surface area (Å²) in [6.07, 6.45) is 8.28. The van der Waals surface area contributed by atoms with Crippen LogP contribution in [0.25, 0.3) is 11.2 Å². The number of ether oxygens (including phenoxy) is 1. The summed E-state index contributed by atoms with van der Waals surface area (Å²) >= 11 is 12.8.